The second kappa shape index (κ2) is 4.90. The maximum absolute atomic E-state index is 11.2. The monoisotopic (exact) mass is 215 g/mol. The van der Waals surface area contributed by atoms with Gasteiger partial charge in [-0.2, -0.15) is 0 Å². The van der Waals surface area contributed by atoms with E-state index in [1.165, 1.54) is 0 Å². The molecule has 0 spiro atoms. The maximum atomic E-state index is 11.2. The molecule has 1 heterocycles. The van der Waals surface area contributed by atoms with Crippen molar-refractivity contribution >= 4 is 29.0 Å². The molecule has 1 fully saturated rings. The summed E-state index contributed by atoms with van der Waals surface area (Å²) in [5.41, 5.74) is 5.20. The second-order valence-corrected chi connectivity index (χ2v) is 3.72. The van der Waals surface area contributed by atoms with Gasteiger partial charge < -0.3 is 16.4 Å². The predicted molar refractivity (Wildman–Crippen MR) is 55.6 cm³/mol. The number of rotatable bonds is 3. The third-order valence-electron chi connectivity index (χ3n) is 1.96. The number of amides is 2. The molecular weight excluding hydrogens is 202 g/mol. The van der Waals surface area contributed by atoms with Gasteiger partial charge in [0.05, 0.1) is 11.4 Å². The lowest BCUT2D eigenvalue weighted by atomic mass is 10.1. The fourth-order valence-corrected chi connectivity index (χ4v) is 1.44. The lowest BCUT2D eigenvalue weighted by Crippen LogP contribution is -2.50. The van der Waals surface area contributed by atoms with Gasteiger partial charge >= 0.3 is 0 Å². The Hall–Kier alpha value is -1.17. The topological polar surface area (TPSA) is 84.2 Å². The molecule has 1 atom stereocenters. The Labute approximate surface area is 87.4 Å². The highest BCUT2D eigenvalue weighted by Crippen LogP contribution is 2.02. The van der Waals surface area contributed by atoms with Crippen molar-refractivity contribution in [1.82, 2.24) is 10.6 Å². The number of hydrogen-bond donors (Lipinski definition) is 3. The lowest BCUT2D eigenvalue weighted by Gasteiger charge is -2.22. The Kier molecular flexibility index (Phi) is 3.82. The van der Waals surface area contributed by atoms with E-state index in [1.807, 2.05) is 0 Å². The molecule has 1 rings (SSSR count). The van der Waals surface area contributed by atoms with E-state index in [4.69, 9.17) is 5.73 Å². The SMILES string of the molecule is NC(=S)CC(=O)NC1CCCNC1=O. The first-order chi connectivity index (χ1) is 6.59. The number of piperidine rings is 1. The van der Waals surface area contributed by atoms with E-state index >= 15 is 0 Å². The minimum Gasteiger partial charge on any atom is -0.393 e. The minimum atomic E-state index is -0.425. The predicted octanol–water partition coefficient (Wildman–Crippen LogP) is -0.943. The van der Waals surface area contributed by atoms with Crippen LogP contribution >= 0.6 is 12.2 Å². The van der Waals surface area contributed by atoms with Crippen molar-refractivity contribution in [1.29, 1.82) is 0 Å². The molecule has 0 bridgehead atoms. The summed E-state index contributed by atoms with van der Waals surface area (Å²) in [6, 6.07) is -0.425. The molecule has 1 unspecified atom stereocenters. The van der Waals surface area contributed by atoms with Crippen molar-refractivity contribution in [3.05, 3.63) is 0 Å². The molecule has 0 radical (unpaired) electrons. The highest BCUT2D eigenvalue weighted by molar-refractivity contribution is 7.80. The Morgan fingerprint density at radius 1 is 1.71 bits per heavy atom. The van der Waals surface area contributed by atoms with Crippen molar-refractivity contribution in [2.45, 2.75) is 25.3 Å². The van der Waals surface area contributed by atoms with Crippen LogP contribution in [0.15, 0.2) is 0 Å². The van der Waals surface area contributed by atoms with Crippen LogP contribution in [0.4, 0.5) is 0 Å². The van der Waals surface area contributed by atoms with E-state index < -0.39 is 6.04 Å². The van der Waals surface area contributed by atoms with Crippen molar-refractivity contribution < 1.29 is 9.59 Å². The molecule has 4 N–H and O–H groups in total. The summed E-state index contributed by atoms with van der Waals surface area (Å²) in [5.74, 6) is -0.424. The lowest BCUT2D eigenvalue weighted by molar-refractivity contribution is -0.129. The fourth-order valence-electron chi connectivity index (χ4n) is 1.31. The van der Waals surface area contributed by atoms with Gasteiger partial charge in [-0.1, -0.05) is 12.2 Å². The van der Waals surface area contributed by atoms with Crippen LogP contribution in [0.3, 0.4) is 0 Å². The number of carbonyl (C=O) groups excluding carboxylic acids is 2. The Balaban J connectivity index is 2.38. The number of nitrogens with two attached hydrogens (primary N) is 1. The molecule has 0 saturated carbocycles. The van der Waals surface area contributed by atoms with Crippen LogP contribution < -0.4 is 16.4 Å². The van der Waals surface area contributed by atoms with Crippen molar-refractivity contribution in [2.24, 2.45) is 5.73 Å². The number of nitrogens with one attached hydrogen (secondary N) is 2. The van der Waals surface area contributed by atoms with Crippen LogP contribution in [0.5, 0.6) is 0 Å². The zero-order valence-corrected chi connectivity index (χ0v) is 8.52. The van der Waals surface area contributed by atoms with E-state index in [1.54, 1.807) is 0 Å². The second-order valence-electron chi connectivity index (χ2n) is 3.20. The number of carbonyl (C=O) groups is 2. The normalized spacial score (nSPS) is 21.1. The Bertz CT molecular complexity index is 267. The first-order valence-corrected chi connectivity index (χ1v) is 4.86. The molecule has 1 aliphatic heterocycles. The average molecular weight is 215 g/mol. The largest absolute Gasteiger partial charge is 0.393 e. The summed E-state index contributed by atoms with van der Waals surface area (Å²) in [5, 5.41) is 5.25. The molecule has 0 aromatic carbocycles. The van der Waals surface area contributed by atoms with Gasteiger partial charge in [-0.25, -0.2) is 0 Å². The zero-order valence-electron chi connectivity index (χ0n) is 7.71. The van der Waals surface area contributed by atoms with Crippen molar-refractivity contribution in [3.63, 3.8) is 0 Å². The van der Waals surface area contributed by atoms with Crippen LogP contribution in [0.25, 0.3) is 0 Å². The van der Waals surface area contributed by atoms with E-state index in [0.29, 0.717) is 13.0 Å². The van der Waals surface area contributed by atoms with Crippen molar-refractivity contribution in [2.75, 3.05) is 6.54 Å². The molecule has 6 heteroatoms. The average Bonchev–Trinajstić information content (AvgIpc) is 2.07. The van der Waals surface area contributed by atoms with Crippen LogP contribution in [0.1, 0.15) is 19.3 Å². The standard InChI is InChI=1S/C8H13N3O2S/c9-6(14)4-7(12)11-5-2-1-3-10-8(5)13/h5H,1-4H2,(H2,9,14)(H,10,13)(H,11,12). The van der Waals surface area contributed by atoms with E-state index in [9.17, 15) is 9.59 Å². The van der Waals surface area contributed by atoms with Gasteiger partial charge in [-0.15, -0.1) is 0 Å². The summed E-state index contributed by atoms with van der Waals surface area (Å²) >= 11 is 4.59. The third kappa shape index (κ3) is 3.29. The molecule has 0 aromatic heterocycles. The molecular formula is C8H13N3O2S. The summed E-state index contributed by atoms with van der Waals surface area (Å²) in [7, 11) is 0. The van der Waals surface area contributed by atoms with Crippen LogP contribution in [-0.2, 0) is 9.59 Å². The molecule has 5 nitrogen and oxygen atoms in total. The summed E-state index contributed by atoms with van der Waals surface area (Å²) < 4.78 is 0. The minimum absolute atomic E-state index is 0.000880. The first-order valence-electron chi connectivity index (χ1n) is 4.45. The quantitative estimate of drug-likeness (QED) is 0.530. The fraction of sp³-hybridized carbons (Fsp3) is 0.625. The van der Waals surface area contributed by atoms with E-state index in [2.05, 4.69) is 22.9 Å². The molecule has 0 aliphatic carbocycles. The molecule has 0 aromatic rings. The Morgan fingerprint density at radius 3 is 3.00 bits per heavy atom. The van der Waals surface area contributed by atoms with Gasteiger partial charge in [-0.05, 0) is 12.8 Å². The van der Waals surface area contributed by atoms with Gasteiger partial charge in [0.2, 0.25) is 11.8 Å². The van der Waals surface area contributed by atoms with Gasteiger partial charge in [0.1, 0.15) is 6.04 Å². The van der Waals surface area contributed by atoms with Gasteiger partial charge in [0.25, 0.3) is 0 Å². The van der Waals surface area contributed by atoms with Crippen LogP contribution in [-0.4, -0.2) is 29.4 Å². The summed E-state index contributed by atoms with van der Waals surface area (Å²) in [4.78, 5) is 22.6. The summed E-state index contributed by atoms with van der Waals surface area (Å²) in [6.07, 6.45) is 1.55. The molecule has 78 valence electrons. The summed E-state index contributed by atoms with van der Waals surface area (Å²) in [6.45, 7) is 0.681. The maximum Gasteiger partial charge on any atom is 0.242 e. The smallest absolute Gasteiger partial charge is 0.242 e. The van der Waals surface area contributed by atoms with Gasteiger partial charge in [0, 0.05) is 6.54 Å². The molecule has 1 aliphatic rings. The molecule has 2 amide bonds. The number of thiocarbonyl (C=S) groups is 1. The molecule has 14 heavy (non-hydrogen) atoms. The van der Waals surface area contributed by atoms with Crippen LogP contribution in [0, 0.1) is 0 Å². The zero-order chi connectivity index (χ0) is 10.6. The molecule has 1 saturated heterocycles. The van der Waals surface area contributed by atoms with Gasteiger partial charge in [0.15, 0.2) is 0 Å². The van der Waals surface area contributed by atoms with E-state index in [-0.39, 0.29) is 23.2 Å². The number of hydrogen-bond acceptors (Lipinski definition) is 3. The third-order valence-corrected chi connectivity index (χ3v) is 2.10. The van der Waals surface area contributed by atoms with Crippen molar-refractivity contribution in [3.8, 4) is 0 Å². The highest BCUT2D eigenvalue weighted by atomic mass is 32.1. The van der Waals surface area contributed by atoms with Gasteiger partial charge in [-0.3, -0.25) is 9.59 Å². The van der Waals surface area contributed by atoms with E-state index in [0.717, 1.165) is 6.42 Å². The van der Waals surface area contributed by atoms with Crippen LogP contribution in [0.2, 0.25) is 0 Å². The Morgan fingerprint density at radius 2 is 2.43 bits per heavy atom. The first kappa shape index (κ1) is 10.9. The highest BCUT2D eigenvalue weighted by Gasteiger charge is 2.23.